The smallest absolute Gasteiger partial charge is 0.216 e. The van der Waals surface area contributed by atoms with E-state index in [2.05, 4.69) is 25.5 Å². The predicted molar refractivity (Wildman–Crippen MR) is 78.9 cm³/mol. The minimum absolute atomic E-state index is 0.470. The van der Waals surface area contributed by atoms with E-state index >= 15 is 0 Å². The highest BCUT2D eigenvalue weighted by atomic mass is 16.4. The Kier molecular flexibility index (Phi) is 4.13. The van der Waals surface area contributed by atoms with Crippen molar-refractivity contribution in [2.75, 3.05) is 5.32 Å². The minimum atomic E-state index is 0.470. The summed E-state index contributed by atoms with van der Waals surface area (Å²) in [7, 11) is 0. The highest BCUT2D eigenvalue weighted by Crippen LogP contribution is 2.30. The molecule has 2 aromatic rings. The van der Waals surface area contributed by atoms with Crippen LogP contribution in [0.2, 0.25) is 0 Å². The van der Waals surface area contributed by atoms with Crippen LogP contribution in [0.4, 0.5) is 5.82 Å². The normalized spacial score (nSPS) is 21.6. The quantitative estimate of drug-likeness (QED) is 0.910. The summed E-state index contributed by atoms with van der Waals surface area (Å²) in [5, 5.41) is 11.6. The average Bonchev–Trinajstić information content (AvgIpc) is 3.09. The molecule has 0 bridgehead atoms. The van der Waals surface area contributed by atoms with Crippen LogP contribution >= 0.6 is 0 Å². The van der Waals surface area contributed by atoms with E-state index < -0.39 is 0 Å². The molecular formula is C15H21N5O. The van der Waals surface area contributed by atoms with Gasteiger partial charge < -0.3 is 9.73 Å². The SMILES string of the molecule is CCc1nnc(C[C@@H]2CC[C@H](Nc3ccnc(C)n3)C2)o1. The molecular weight excluding hydrogens is 266 g/mol. The van der Waals surface area contributed by atoms with E-state index in [1.54, 1.807) is 6.20 Å². The fraction of sp³-hybridized carbons (Fsp3) is 0.600. The molecule has 21 heavy (non-hydrogen) atoms. The minimum Gasteiger partial charge on any atom is -0.425 e. The molecule has 6 heteroatoms. The lowest BCUT2D eigenvalue weighted by atomic mass is 10.0. The van der Waals surface area contributed by atoms with Crippen molar-refractivity contribution in [3.05, 3.63) is 29.9 Å². The number of nitrogens with one attached hydrogen (secondary N) is 1. The molecule has 2 atom stereocenters. The number of anilines is 1. The Morgan fingerprint density at radius 3 is 2.90 bits per heavy atom. The van der Waals surface area contributed by atoms with E-state index in [1.807, 2.05) is 19.9 Å². The van der Waals surface area contributed by atoms with Crippen molar-refractivity contribution in [2.24, 2.45) is 5.92 Å². The first kappa shape index (κ1) is 14.0. The summed E-state index contributed by atoms with van der Waals surface area (Å²) in [6.45, 7) is 3.93. The number of aryl methyl sites for hydroxylation is 2. The Balaban J connectivity index is 1.53. The summed E-state index contributed by atoms with van der Waals surface area (Å²) < 4.78 is 5.60. The van der Waals surface area contributed by atoms with Crippen LogP contribution in [0.15, 0.2) is 16.7 Å². The van der Waals surface area contributed by atoms with E-state index in [-0.39, 0.29) is 0 Å². The maximum Gasteiger partial charge on any atom is 0.216 e. The molecule has 112 valence electrons. The van der Waals surface area contributed by atoms with E-state index in [0.717, 1.165) is 49.1 Å². The first-order chi connectivity index (χ1) is 10.2. The third kappa shape index (κ3) is 3.56. The van der Waals surface area contributed by atoms with Crippen LogP contribution in [-0.4, -0.2) is 26.2 Å². The zero-order chi connectivity index (χ0) is 14.7. The van der Waals surface area contributed by atoms with Crippen LogP contribution in [0.3, 0.4) is 0 Å². The monoisotopic (exact) mass is 287 g/mol. The van der Waals surface area contributed by atoms with Gasteiger partial charge in [-0.2, -0.15) is 0 Å². The van der Waals surface area contributed by atoms with E-state index in [0.29, 0.717) is 12.0 Å². The predicted octanol–water partition coefficient (Wildman–Crippen LogP) is 2.55. The molecule has 0 saturated heterocycles. The van der Waals surface area contributed by atoms with Crippen molar-refractivity contribution in [1.29, 1.82) is 0 Å². The largest absolute Gasteiger partial charge is 0.425 e. The van der Waals surface area contributed by atoms with Gasteiger partial charge in [-0.15, -0.1) is 10.2 Å². The molecule has 0 spiro atoms. The molecule has 6 nitrogen and oxygen atoms in total. The molecule has 0 radical (unpaired) electrons. The molecule has 1 saturated carbocycles. The topological polar surface area (TPSA) is 76.7 Å². The van der Waals surface area contributed by atoms with Crippen molar-refractivity contribution in [3.8, 4) is 0 Å². The van der Waals surface area contributed by atoms with Crippen LogP contribution in [0.5, 0.6) is 0 Å². The molecule has 0 aliphatic heterocycles. The highest BCUT2D eigenvalue weighted by Gasteiger charge is 2.26. The highest BCUT2D eigenvalue weighted by molar-refractivity contribution is 5.34. The van der Waals surface area contributed by atoms with Crippen molar-refractivity contribution in [1.82, 2.24) is 20.2 Å². The van der Waals surface area contributed by atoms with Gasteiger partial charge in [0.05, 0.1) is 0 Å². The fourth-order valence-electron chi connectivity index (χ4n) is 2.90. The van der Waals surface area contributed by atoms with Crippen molar-refractivity contribution >= 4 is 5.82 Å². The van der Waals surface area contributed by atoms with Gasteiger partial charge in [-0.05, 0) is 38.2 Å². The zero-order valence-electron chi connectivity index (χ0n) is 12.5. The summed E-state index contributed by atoms with van der Waals surface area (Å²) in [4.78, 5) is 8.51. The van der Waals surface area contributed by atoms with E-state index in [4.69, 9.17) is 4.42 Å². The second-order valence-corrected chi connectivity index (χ2v) is 5.66. The number of hydrogen-bond donors (Lipinski definition) is 1. The van der Waals surface area contributed by atoms with Gasteiger partial charge >= 0.3 is 0 Å². The fourth-order valence-corrected chi connectivity index (χ4v) is 2.90. The third-order valence-electron chi connectivity index (χ3n) is 3.94. The van der Waals surface area contributed by atoms with Gasteiger partial charge in [-0.25, -0.2) is 9.97 Å². The summed E-state index contributed by atoms with van der Waals surface area (Å²) in [5.74, 6) is 3.83. The zero-order valence-corrected chi connectivity index (χ0v) is 12.5. The molecule has 1 fully saturated rings. The van der Waals surface area contributed by atoms with Crippen LogP contribution in [-0.2, 0) is 12.8 Å². The van der Waals surface area contributed by atoms with Crippen LogP contribution in [0.25, 0.3) is 0 Å². The maximum atomic E-state index is 5.60. The second kappa shape index (κ2) is 6.20. The van der Waals surface area contributed by atoms with Crippen molar-refractivity contribution in [2.45, 2.75) is 52.0 Å². The number of rotatable bonds is 5. The molecule has 1 aliphatic carbocycles. The Hall–Kier alpha value is -1.98. The van der Waals surface area contributed by atoms with Crippen molar-refractivity contribution in [3.63, 3.8) is 0 Å². The Bertz CT molecular complexity index is 597. The summed E-state index contributed by atoms with van der Waals surface area (Å²) in [6.07, 6.45) is 6.94. The summed E-state index contributed by atoms with van der Waals surface area (Å²) in [5.41, 5.74) is 0. The molecule has 1 aliphatic rings. The number of hydrogen-bond acceptors (Lipinski definition) is 6. The first-order valence-electron chi connectivity index (χ1n) is 7.60. The summed E-state index contributed by atoms with van der Waals surface area (Å²) in [6, 6.07) is 2.39. The first-order valence-corrected chi connectivity index (χ1v) is 7.60. The van der Waals surface area contributed by atoms with E-state index in [9.17, 15) is 0 Å². The Morgan fingerprint density at radius 2 is 2.14 bits per heavy atom. The Labute approximate surface area is 124 Å². The number of nitrogens with zero attached hydrogens (tertiary/aromatic N) is 4. The summed E-state index contributed by atoms with van der Waals surface area (Å²) >= 11 is 0. The number of aromatic nitrogens is 4. The van der Waals surface area contributed by atoms with Gasteiger partial charge in [0, 0.05) is 25.1 Å². The van der Waals surface area contributed by atoms with E-state index in [1.165, 1.54) is 6.42 Å². The van der Waals surface area contributed by atoms with Gasteiger partial charge in [-0.1, -0.05) is 6.92 Å². The molecule has 0 unspecified atom stereocenters. The van der Waals surface area contributed by atoms with Crippen molar-refractivity contribution < 1.29 is 4.42 Å². The average molecular weight is 287 g/mol. The third-order valence-corrected chi connectivity index (χ3v) is 3.94. The van der Waals surface area contributed by atoms with Gasteiger partial charge in [-0.3, -0.25) is 0 Å². The maximum absolute atomic E-state index is 5.60. The standard InChI is InChI=1S/C15H21N5O/c1-3-14-19-20-15(21-14)9-11-4-5-12(8-11)18-13-6-7-16-10(2)17-13/h6-7,11-12H,3-5,8-9H2,1-2H3,(H,16,17,18)/t11-,12+/m1/s1. The lowest BCUT2D eigenvalue weighted by Crippen LogP contribution is -2.17. The molecule has 0 aromatic carbocycles. The lowest BCUT2D eigenvalue weighted by molar-refractivity contribution is 0.409. The van der Waals surface area contributed by atoms with Gasteiger partial charge in [0.15, 0.2) is 0 Å². The lowest BCUT2D eigenvalue weighted by Gasteiger charge is -2.13. The van der Waals surface area contributed by atoms with Crippen LogP contribution in [0.1, 0.15) is 43.8 Å². The van der Waals surface area contributed by atoms with Gasteiger partial charge in [0.25, 0.3) is 0 Å². The molecule has 2 aromatic heterocycles. The van der Waals surface area contributed by atoms with Crippen LogP contribution in [0, 0.1) is 12.8 Å². The second-order valence-electron chi connectivity index (χ2n) is 5.66. The van der Waals surface area contributed by atoms with Crippen LogP contribution < -0.4 is 5.32 Å². The molecule has 1 N–H and O–H groups in total. The Morgan fingerprint density at radius 1 is 1.29 bits per heavy atom. The molecule has 0 amide bonds. The molecule has 2 heterocycles. The molecule has 3 rings (SSSR count). The van der Waals surface area contributed by atoms with Gasteiger partial charge in [0.1, 0.15) is 11.6 Å². The van der Waals surface area contributed by atoms with Gasteiger partial charge in [0.2, 0.25) is 11.8 Å².